The van der Waals surface area contributed by atoms with Crippen LogP contribution < -0.4 is 5.32 Å². The molecule has 2 aromatic carbocycles. The van der Waals surface area contributed by atoms with Crippen molar-refractivity contribution in [3.05, 3.63) is 82.0 Å². The summed E-state index contributed by atoms with van der Waals surface area (Å²) in [5, 5.41) is 7.21. The monoisotopic (exact) mass is 393 g/mol. The van der Waals surface area contributed by atoms with Crippen LogP contribution in [0.15, 0.2) is 54.6 Å². The van der Waals surface area contributed by atoms with Crippen LogP contribution in [-0.4, -0.2) is 15.7 Å². The number of aryl methyl sites for hydroxylation is 1. The number of amides is 1. The molecule has 0 aliphatic carbocycles. The van der Waals surface area contributed by atoms with Crippen molar-refractivity contribution in [2.75, 3.05) is 5.32 Å². The minimum absolute atomic E-state index is 0.151. The van der Waals surface area contributed by atoms with Gasteiger partial charge in [0.2, 0.25) is 0 Å². The Morgan fingerprint density at radius 1 is 1.15 bits per heavy atom. The number of aromatic nitrogens is 2. The van der Waals surface area contributed by atoms with Crippen molar-refractivity contribution in [2.45, 2.75) is 19.6 Å². The quantitative estimate of drug-likeness (QED) is 0.665. The highest BCUT2D eigenvalue weighted by Crippen LogP contribution is 2.29. The Bertz CT molecular complexity index is 982. The van der Waals surface area contributed by atoms with Gasteiger partial charge in [-0.1, -0.05) is 35.9 Å². The van der Waals surface area contributed by atoms with Gasteiger partial charge in [-0.3, -0.25) is 9.48 Å². The average molecular weight is 394 g/mol. The van der Waals surface area contributed by atoms with Gasteiger partial charge in [-0.2, -0.15) is 18.3 Å². The number of benzene rings is 2. The minimum atomic E-state index is -4.40. The Morgan fingerprint density at radius 3 is 2.59 bits per heavy atom. The number of alkyl halides is 3. The van der Waals surface area contributed by atoms with E-state index in [1.807, 2.05) is 0 Å². The lowest BCUT2D eigenvalue weighted by molar-refractivity contribution is -0.137. The van der Waals surface area contributed by atoms with E-state index >= 15 is 0 Å². The Hall–Kier alpha value is -2.80. The molecule has 0 spiro atoms. The fraction of sp³-hybridized carbons (Fsp3) is 0.158. The van der Waals surface area contributed by atoms with Gasteiger partial charge in [0.15, 0.2) is 5.82 Å². The molecule has 1 heterocycles. The fourth-order valence-electron chi connectivity index (χ4n) is 2.58. The second kappa shape index (κ2) is 7.44. The van der Waals surface area contributed by atoms with Crippen molar-refractivity contribution in [1.29, 1.82) is 0 Å². The predicted molar refractivity (Wildman–Crippen MR) is 96.9 cm³/mol. The largest absolute Gasteiger partial charge is 0.416 e. The number of nitrogens with one attached hydrogen (secondary N) is 1. The lowest BCUT2D eigenvalue weighted by atomic mass is 10.1. The number of hydrogen-bond donors (Lipinski definition) is 1. The van der Waals surface area contributed by atoms with Gasteiger partial charge in [-0.05, 0) is 36.8 Å². The van der Waals surface area contributed by atoms with Crippen LogP contribution in [0.4, 0.5) is 19.0 Å². The molecule has 0 radical (unpaired) electrons. The summed E-state index contributed by atoms with van der Waals surface area (Å²) < 4.78 is 40.1. The van der Waals surface area contributed by atoms with Crippen molar-refractivity contribution < 1.29 is 18.0 Å². The summed E-state index contributed by atoms with van der Waals surface area (Å²) in [7, 11) is 0. The zero-order valence-electron chi connectivity index (χ0n) is 14.2. The second-order valence-corrected chi connectivity index (χ2v) is 6.37. The normalized spacial score (nSPS) is 11.4. The Kier molecular flexibility index (Phi) is 5.23. The number of carbonyl (C=O) groups is 1. The van der Waals surface area contributed by atoms with E-state index < -0.39 is 17.6 Å². The maximum Gasteiger partial charge on any atom is 0.416 e. The highest BCUT2D eigenvalue weighted by Gasteiger charge is 2.30. The van der Waals surface area contributed by atoms with E-state index in [1.165, 1.54) is 10.7 Å². The van der Waals surface area contributed by atoms with Gasteiger partial charge < -0.3 is 5.32 Å². The van der Waals surface area contributed by atoms with Crippen LogP contribution >= 0.6 is 11.6 Å². The molecule has 0 saturated heterocycles. The van der Waals surface area contributed by atoms with Gasteiger partial charge in [0.1, 0.15) is 0 Å². The summed E-state index contributed by atoms with van der Waals surface area (Å²) >= 11 is 6.00. The molecule has 3 aromatic rings. The van der Waals surface area contributed by atoms with Crippen LogP contribution in [0, 0.1) is 6.92 Å². The van der Waals surface area contributed by atoms with Gasteiger partial charge in [0.05, 0.1) is 22.7 Å². The number of halogens is 4. The number of rotatable bonds is 4. The van der Waals surface area contributed by atoms with E-state index in [9.17, 15) is 18.0 Å². The molecule has 8 heteroatoms. The van der Waals surface area contributed by atoms with Gasteiger partial charge in [-0.15, -0.1) is 0 Å². The molecule has 0 saturated carbocycles. The molecule has 140 valence electrons. The molecule has 1 N–H and O–H groups in total. The maximum atomic E-state index is 12.8. The summed E-state index contributed by atoms with van der Waals surface area (Å²) in [4.78, 5) is 12.3. The van der Waals surface area contributed by atoms with Crippen LogP contribution in [0.25, 0.3) is 0 Å². The highest BCUT2D eigenvalue weighted by atomic mass is 35.5. The highest BCUT2D eigenvalue weighted by molar-refractivity contribution is 6.34. The average Bonchev–Trinajstić information content (AvgIpc) is 2.93. The van der Waals surface area contributed by atoms with Gasteiger partial charge in [0, 0.05) is 11.8 Å². The zero-order chi connectivity index (χ0) is 19.6. The first-order valence-corrected chi connectivity index (χ1v) is 8.38. The van der Waals surface area contributed by atoms with E-state index in [0.29, 0.717) is 27.7 Å². The molecule has 0 bridgehead atoms. The van der Waals surface area contributed by atoms with Crippen molar-refractivity contribution in [1.82, 2.24) is 9.78 Å². The molecule has 0 fully saturated rings. The van der Waals surface area contributed by atoms with Crippen molar-refractivity contribution in [3.8, 4) is 0 Å². The van der Waals surface area contributed by atoms with Crippen molar-refractivity contribution in [3.63, 3.8) is 0 Å². The summed E-state index contributed by atoms with van der Waals surface area (Å²) in [6.07, 6.45) is -4.40. The first-order valence-electron chi connectivity index (χ1n) is 8.00. The summed E-state index contributed by atoms with van der Waals surface area (Å²) in [6.45, 7) is 1.91. The van der Waals surface area contributed by atoms with E-state index in [-0.39, 0.29) is 6.54 Å². The lowest BCUT2D eigenvalue weighted by Gasteiger charge is -2.09. The number of anilines is 1. The van der Waals surface area contributed by atoms with Crippen LogP contribution in [0.5, 0.6) is 0 Å². The summed E-state index contributed by atoms with van der Waals surface area (Å²) in [5.41, 5.74) is 0.753. The molecule has 4 nitrogen and oxygen atoms in total. The van der Waals surface area contributed by atoms with E-state index in [1.54, 1.807) is 43.3 Å². The SMILES string of the molecule is Cc1cc(NC(=O)c2ccccc2Cl)nn1Cc1cccc(C(F)(F)F)c1. The molecular formula is C19H15ClF3N3O. The first-order chi connectivity index (χ1) is 12.7. The second-order valence-electron chi connectivity index (χ2n) is 5.96. The Morgan fingerprint density at radius 2 is 1.89 bits per heavy atom. The Labute approximate surface area is 158 Å². The third kappa shape index (κ3) is 4.49. The first kappa shape index (κ1) is 19.0. The van der Waals surface area contributed by atoms with E-state index in [4.69, 9.17) is 11.6 Å². The molecule has 0 aliphatic heterocycles. The minimum Gasteiger partial charge on any atom is -0.305 e. The Balaban J connectivity index is 1.77. The molecule has 1 amide bonds. The summed E-state index contributed by atoms with van der Waals surface area (Å²) in [5.74, 6) is -0.117. The van der Waals surface area contributed by atoms with Gasteiger partial charge >= 0.3 is 6.18 Å². The third-order valence-electron chi connectivity index (χ3n) is 3.93. The smallest absolute Gasteiger partial charge is 0.305 e. The fourth-order valence-corrected chi connectivity index (χ4v) is 2.80. The summed E-state index contributed by atoms with van der Waals surface area (Å²) in [6, 6.07) is 13.3. The molecule has 0 aliphatic rings. The molecule has 27 heavy (non-hydrogen) atoms. The molecule has 3 rings (SSSR count). The lowest BCUT2D eigenvalue weighted by Crippen LogP contribution is -2.13. The van der Waals surface area contributed by atoms with Crippen LogP contribution in [-0.2, 0) is 12.7 Å². The topological polar surface area (TPSA) is 46.9 Å². The number of hydrogen-bond acceptors (Lipinski definition) is 2. The third-order valence-corrected chi connectivity index (χ3v) is 4.26. The predicted octanol–water partition coefficient (Wildman–Crippen LogP) is 5.16. The van der Waals surface area contributed by atoms with Gasteiger partial charge in [0.25, 0.3) is 5.91 Å². The van der Waals surface area contributed by atoms with Crippen LogP contribution in [0.2, 0.25) is 5.02 Å². The maximum absolute atomic E-state index is 12.8. The molecule has 0 unspecified atom stereocenters. The van der Waals surface area contributed by atoms with E-state index in [0.717, 1.165) is 12.1 Å². The number of nitrogens with zero attached hydrogens (tertiary/aromatic N) is 2. The van der Waals surface area contributed by atoms with E-state index in [2.05, 4.69) is 10.4 Å². The molecule has 1 aromatic heterocycles. The van der Waals surface area contributed by atoms with Crippen LogP contribution in [0.1, 0.15) is 27.2 Å². The number of carbonyl (C=O) groups excluding carboxylic acids is 1. The van der Waals surface area contributed by atoms with Crippen LogP contribution in [0.3, 0.4) is 0 Å². The van der Waals surface area contributed by atoms with Crippen molar-refractivity contribution >= 4 is 23.3 Å². The van der Waals surface area contributed by atoms with Gasteiger partial charge in [-0.25, -0.2) is 0 Å². The van der Waals surface area contributed by atoms with Crippen molar-refractivity contribution in [2.24, 2.45) is 0 Å². The standard InChI is InChI=1S/C19H15ClF3N3O/c1-12-9-17(24-18(27)15-7-2-3-8-16(15)20)25-26(12)11-13-5-4-6-14(10-13)19(21,22)23/h2-10H,11H2,1H3,(H,24,25,27). The zero-order valence-corrected chi connectivity index (χ0v) is 15.0. The molecule has 0 atom stereocenters. The molecular weight excluding hydrogens is 379 g/mol.